The first kappa shape index (κ1) is 9.53. The maximum absolute atomic E-state index is 8.45. The van der Waals surface area contributed by atoms with Crippen LogP contribution in [0.4, 0.5) is 0 Å². The van der Waals surface area contributed by atoms with Gasteiger partial charge in [-0.1, -0.05) is 6.92 Å². The molecule has 0 radical (unpaired) electrons. The fourth-order valence-corrected chi connectivity index (χ4v) is 2.57. The van der Waals surface area contributed by atoms with E-state index in [4.69, 9.17) is 14.0 Å². The molecule has 3 nitrogen and oxygen atoms in total. The summed E-state index contributed by atoms with van der Waals surface area (Å²) in [5.74, 6) is 0. The lowest BCUT2D eigenvalue weighted by Gasteiger charge is -2.19. The van der Waals surface area contributed by atoms with E-state index in [1.54, 1.807) is 0 Å². The van der Waals surface area contributed by atoms with Crippen LogP contribution in [-0.2, 0) is 4.21 Å². The highest BCUT2D eigenvalue weighted by atomic mass is 31.2. The van der Waals surface area contributed by atoms with Gasteiger partial charge in [0.15, 0.2) is 8.32 Å². The molecule has 0 aliphatic rings. The molecule has 0 bridgehead atoms. The monoisotopic (exact) mass is 168 g/mol. The van der Waals surface area contributed by atoms with Crippen LogP contribution < -0.4 is 0 Å². The van der Waals surface area contributed by atoms with Gasteiger partial charge in [-0.05, 0) is 19.1 Å². The van der Waals surface area contributed by atoms with Gasteiger partial charge in [-0.25, -0.2) is 0 Å². The summed E-state index contributed by atoms with van der Waals surface area (Å²) >= 11 is 0. The summed E-state index contributed by atoms with van der Waals surface area (Å²) in [5, 5.41) is 0. The highest BCUT2D eigenvalue weighted by Gasteiger charge is 2.23. The van der Waals surface area contributed by atoms with Gasteiger partial charge in [0, 0.05) is 0 Å². The lowest BCUT2D eigenvalue weighted by molar-refractivity contribution is 0.371. The minimum atomic E-state index is -2.13. The van der Waals surface area contributed by atoms with E-state index in [0.717, 1.165) is 6.04 Å². The van der Waals surface area contributed by atoms with Crippen molar-refractivity contribution in [1.29, 1.82) is 0 Å². The average molecular weight is 168 g/mol. The molecule has 0 rings (SSSR count). The molecule has 0 saturated heterocycles. The molecule has 0 saturated carbocycles. The van der Waals surface area contributed by atoms with E-state index < -0.39 is 16.9 Å². The highest BCUT2D eigenvalue weighted by Crippen LogP contribution is 2.31. The van der Waals surface area contributed by atoms with Crippen molar-refractivity contribution in [2.24, 2.45) is 0 Å². The number of hydrogen-bond acceptors (Lipinski definition) is 3. The average Bonchev–Trinajstić information content (AvgIpc) is 1.63. The molecule has 5 heteroatoms. The second-order valence-corrected chi connectivity index (χ2v) is 7.92. The summed E-state index contributed by atoms with van der Waals surface area (Å²) in [4.78, 5) is 16.9. The van der Waals surface area contributed by atoms with E-state index in [1.807, 2.05) is 20.0 Å². The molecule has 0 aromatic rings. The summed E-state index contributed by atoms with van der Waals surface area (Å²) in [7, 11) is -3.84. The van der Waals surface area contributed by atoms with Crippen LogP contribution >= 0.6 is 8.60 Å². The van der Waals surface area contributed by atoms with Crippen molar-refractivity contribution in [3.63, 3.8) is 0 Å². The molecular formula is C4H13O3PSi. The van der Waals surface area contributed by atoms with Crippen molar-refractivity contribution in [2.45, 2.75) is 26.1 Å². The second-order valence-electron chi connectivity index (χ2n) is 2.46. The first-order valence-corrected chi connectivity index (χ1v) is 7.13. The Hall–Kier alpha value is 0.527. The van der Waals surface area contributed by atoms with Gasteiger partial charge in [0.05, 0.1) is 0 Å². The van der Waals surface area contributed by atoms with Gasteiger partial charge in [-0.15, -0.1) is 0 Å². The Bertz CT molecular complexity index is 85.9. The molecule has 2 N–H and O–H groups in total. The Morgan fingerprint density at radius 2 is 1.89 bits per heavy atom. The summed E-state index contributed by atoms with van der Waals surface area (Å²) in [6, 6.07) is 0.910. The van der Waals surface area contributed by atoms with Crippen molar-refractivity contribution in [3.05, 3.63) is 0 Å². The fourth-order valence-electron chi connectivity index (χ4n) is 0.286. The van der Waals surface area contributed by atoms with Gasteiger partial charge < -0.3 is 14.0 Å². The zero-order valence-electron chi connectivity index (χ0n) is 5.96. The second kappa shape index (κ2) is 3.64. The SMILES string of the molecule is CC[Si](C)(C)OP(O)O. The first-order chi connectivity index (χ1) is 3.98. The molecular weight excluding hydrogens is 155 g/mol. The van der Waals surface area contributed by atoms with Crippen LogP contribution in [0.5, 0.6) is 0 Å². The van der Waals surface area contributed by atoms with Crippen molar-refractivity contribution >= 4 is 16.9 Å². The molecule has 0 aliphatic carbocycles. The molecule has 0 aromatic heterocycles. The van der Waals surface area contributed by atoms with E-state index in [0.29, 0.717) is 0 Å². The normalized spacial score (nSPS) is 12.7. The molecule has 0 heterocycles. The van der Waals surface area contributed by atoms with E-state index >= 15 is 0 Å². The standard InChI is InChI=1S/C4H13O3PSi/c1-4-9(2,3)7-8(5)6/h5-6H,4H2,1-3H3. The summed E-state index contributed by atoms with van der Waals surface area (Å²) in [6.07, 6.45) is 0. The lowest BCUT2D eigenvalue weighted by atomic mass is 11.0. The Morgan fingerprint density at radius 1 is 1.44 bits per heavy atom. The van der Waals surface area contributed by atoms with Gasteiger partial charge in [0.25, 0.3) is 0 Å². The lowest BCUT2D eigenvalue weighted by Crippen LogP contribution is -2.26. The Labute approximate surface area is 57.8 Å². The predicted octanol–water partition coefficient (Wildman–Crippen LogP) is 1.44. The molecule has 0 fully saturated rings. The zero-order chi connectivity index (χ0) is 7.49. The van der Waals surface area contributed by atoms with Crippen molar-refractivity contribution in [2.75, 3.05) is 0 Å². The molecule has 9 heavy (non-hydrogen) atoms. The van der Waals surface area contributed by atoms with E-state index in [2.05, 4.69) is 0 Å². The Balaban J connectivity index is 3.58. The van der Waals surface area contributed by atoms with E-state index in [1.165, 1.54) is 0 Å². The Kier molecular flexibility index (Phi) is 3.85. The van der Waals surface area contributed by atoms with Crippen LogP contribution in [0.3, 0.4) is 0 Å². The molecule has 0 aliphatic heterocycles. The summed E-state index contributed by atoms with van der Waals surface area (Å²) in [5.41, 5.74) is 0. The predicted molar refractivity (Wildman–Crippen MR) is 40.4 cm³/mol. The molecule has 0 amide bonds. The van der Waals surface area contributed by atoms with Gasteiger partial charge in [-0.2, -0.15) is 0 Å². The summed E-state index contributed by atoms with van der Waals surface area (Å²) in [6.45, 7) is 5.90. The van der Waals surface area contributed by atoms with Crippen LogP contribution in [0.15, 0.2) is 0 Å². The molecule has 0 unspecified atom stereocenters. The molecule has 0 spiro atoms. The third kappa shape index (κ3) is 5.00. The molecule has 0 aromatic carbocycles. The van der Waals surface area contributed by atoms with Gasteiger partial charge in [0.1, 0.15) is 0 Å². The van der Waals surface area contributed by atoms with Crippen LogP contribution in [0.1, 0.15) is 6.92 Å². The fraction of sp³-hybridized carbons (Fsp3) is 1.00. The molecule has 56 valence electrons. The summed E-state index contributed by atoms with van der Waals surface area (Å²) < 4.78 is 4.90. The largest absolute Gasteiger partial charge is 0.355 e. The van der Waals surface area contributed by atoms with Crippen LogP contribution in [-0.4, -0.2) is 18.1 Å². The third-order valence-corrected chi connectivity index (χ3v) is 5.51. The Morgan fingerprint density at radius 3 is 2.00 bits per heavy atom. The first-order valence-electron chi connectivity index (χ1n) is 2.85. The third-order valence-electron chi connectivity index (χ3n) is 1.18. The van der Waals surface area contributed by atoms with Crippen LogP contribution in [0, 0.1) is 0 Å². The smallest absolute Gasteiger partial charge is 0.316 e. The minimum Gasteiger partial charge on any atom is -0.355 e. The maximum atomic E-state index is 8.45. The van der Waals surface area contributed by atoms with Gasteiger partial charge in [0.2, 0.25) is 0 Å². The van der Waals surface area contributed by atoms with Gasteiger partial charge in [-0.3, -0.25) is 0 Å². The topological polar surface area (TPSA) is 49.7 Å². The maximum Gasteiger partial charge on any atom is 0.316 e. The van der Waals surface area contributed by atoms with Crippen molar-refractivity contribution in [1.82, 2.24) is 0 Å². The van der Waals surface area contributed by atoms with E-state index in [9.17, 15) is 0 Å². The minimum absolute atomic E-state index is 0.910. The van der Waals surface area contributed by atoms with Crippen LogP contribution in [0.25, 0.3) is 0 Å². The quantitative estimate of drug-likeness (QED) is 0.495. The number of rotatable bonds is 3. The van der Waals surface area contributed by atoms with Crippen molar-refractivity contribution < 1.29 is 14.0 Å². The number of hydrogen-bond donors (Lipinski definition) is 2. The van der Waals surface area contributed by atoms with Gasteiger partial charge >= 0.3 is 8.60 Å². The highest BCUT2D eigenvalue weighted by molar-refractivity contribution is 7.41. The molecule has 0 atom stereocenters. The van der Waals surface area contributed by atoms with Crippen molar-refractivity contribution in [3.8, 4) is 0 Å². The zero-order valence-corrected chi connectivity index (χ0v) is 7.85. The van der Waals surface area contributed by atoms with Crippen LogP contribution in [0.2, 0.25) is 19.1 Å². The van der Waals surface area contributed by atoms with E-state index in [-0.39, 0.29) is 0 Å².